The average molecular weight is 276 g/mol. The Labute approximate surface area is 116 Å². The van der Waals surface area contributed by atoms with Gasteiger partial charge in [-0.3, -0.25) is 0 Å². The van der Waals surface area contributed by atoms with Crippen LogP contribution in [0.3, 0.4) is 0 Å². The summed E-state index contributed by atoms with van der Waals surface area (Å²) in [6.45, 7) is 2.28. The summed E-state index contributed by atoms with van der Waals surface area (Å²) < 4.78 is 0. The van der Waals surface area contributed by atoms with Gasteiger partial charge >= 0.3 is 0 Å². The molecule has 4 heteroatoms. The normalized spacial score (nSPS) is 16.6. The van der Waals surface area contributed by atoms with E-state index in [1.54, 1.807) is 11.3 Å². The number of anilines is 1. The predicted octanol–water partition coefficient (Wildman–Crippen LogP) is 3.75. The van der Waals surface area contributed by atoms with Crippen LogP contribution in [0.15, 0.2) is 35.7 Å². The molecule has 1 aromatic carbocycles. The van der Waals surface area contributed by atoms with E-state index in [-0.39, 0.29) is 0 Å². The highest BCUT2D eigenvalue weighted by atomic mass is 32.2. The Morgan fingerprint density at radius 3 is 2.83 bits per heavy atom. The standard InChI is InChI=1S/C14H16N2S2/c1-2-5-12(6-3-1)13-11-18-14(15-13)16-7-4-9-17-10-8-16/h1-3,5-6,11H,4,7-10H2. The van der Waals surface area contributed by atoms with Gasteiger partial charge in [0.25, 0.3) is 0 Å². The number of thiazole rings is 1. The SMILES string of the molecule is c1ccc(-c2csc(N3CCCSCC3)n2)cc1. The number of nitrogens with zero attached hydrogens (tertiary/aromatic N) is 2. The van der Waals surface area contributed by atoms with Gasteiger partial charge in [0.05, 0.1) is 5.69 Å². The Morgan fingerprint density at radius 1 is 1.06 bits per heavy atom. The fourth-order valence-electron chi connectivity index (χ4n) is 2.09. The number of thioether (sulfide) groups is 1. The molecule has 1 fully saturated rings. The first-order chi connectivity index (χ1) is 8.93. The molecule has 2 aromatic rings. The van der Waals surface area contributed by atoms with Crippen LogP contribution in [0.4, 0.5) is 5.13 Å². The van der Waals surface area contributed by atoms with Gasteiger partial charge in [-0.1, -0.05) is 30.3 Å². The van der Waals surface area contributed by atoms with Crippen molar-refractivity contribution in [1.29, 1.82) is 0 Å². The van der Waals surface area contributed by atoms with Gasteiger partial charge in [-0.2, -0.15) is 11.8 Å². The number of aromatic nitrogens is 1. The quantitative estimate of drug-likeness (QED) is 0.831. The first kappa shape index (κ1) is 12.1. The predicted molar refractivity (Wildman–Crippen MR) is 81.7 cm³/mol. The summed E-state index contributed by atoms with van der Waals surface area (Å²) in [6, 6.07) is 10.4. The average Bonchev–Trinajstić information content (AvgIpc) is 2.76. The Balaban J connectivity index is 1.80. The molecule has 0 unspecified atom stereocenters. The Bertz CT molecular complexity index is 488. The van der Waals surface area contributed by atoms with Crippen molar-refractivity contribution in [3.8, 4) is 11.3 Å². The van der Waals surface area contributed by atoms with Crippen molar-refractivity contribution >= 4 is 28.2 Å². The highest BCUT2D eigenvalue weighted by Crippen LogP contribution is 2.28. The molecule has 0 saturated carbocycles. The maximum Gasteiger partial charge on any atom is 0.185 e. The minimum atomic E-state index is 1.10. The van der Waals surface area contributed by atoms with E-state index in [1.165, 1.54) is 28.6 Å². The van der Waals surface area contributed by atoms with Gasteiger partial charge in [-0.25, -0.2) is 4.98 Å². The third-order valence-electron chi connectivity index (χ3n) is 3.05. The van der Waals surface area contributed by atoms with E-state index in [4.69, 9.17) is 4.98 Å². The fraction of sp³-hybridized carbons (Fsp3) is 0.357. The maximum atomic E-state index is 4.78. The lowest BCUT2D eigenvalue weighted by Crippen LogP contribution is -2.25. The van der Waals surface area contributed by atoms with E-state index in [0.29, 0.717) is 0 Å². The Morgan fingerprint density at radius 2 is 1.94 bits per heavy atom. The summed E-state index contributed by atoms with van der Waals surface area (Å²) in [6.07, 6.45) is 1.27. The zero-order valence-corrected chi connectivity index (χ0v) is 11.8. The van der Waals surface area contributed by atoms with Gasteiger partial charge in [0.15, 0.2) is 5.13 Å². The molecule has 0 atom stereocenters. The van der Waals surface area contributed by atoms with Crippen molar-refractivity contribution in [2.75, 3.05) is 29.5 Å². The summed E-state index contributed by atoms with van der Waals surface area (Å²) >= 11 is 3.82. The van der Waals surface area contributed by atoms with Crippen molar-refractivity contribution in [3.05, 3.63) is 35.7 Å². The van der Waals surface area contributed by atoms with Crippen LogP contribution in [-0.4, -0.2) is 29.6 Å². The van der Waals surface area contributed by atoms with Crippen molar-refractivity contribution in [2.45, 2.75) is 6.42 Å². The number of rotatable bonds is 2. The van der Waals surface area contributed by atoms with E-state index >= 15 is 0 Å². The summed E-state index contributed by atoms with van der Waals surface area (Å²) in [5.41, 5.74) is 2.32. The molecule has 0 radical (unpaired) electrons. The third kappa shape index (κ3) is 2.70. The summed E-state index contributed by atoms with van der Waals surface area (Å²) in [5, 5.41) is 3.35. The van der Waals surface area contributed by atoms with Crippen molar-refractivity contribution in [2.24, 2.45) is 0 Å². The zero-order valence-electron chi connectivity index (χ0n) is 10.2. The second-order valence-electron chi connectivity index (χ2n) is 4.33. The lowest BCUT2D eigenvalue weighted by atomic mass is 10.2. The molecule has 0 aliphatic carbocycles. The van der Waals surface area contributed by atoms with E-state index in [1.807, 2.05) is 6.07 Å². The van der Waals surface area contributed by atoms with Gasteiger partial charge in [-0.15, -0.1) is 11.3 Å². The van der Waals surface area contributed by atoms with E-state index in [9.17, 15) is 0 Å². The smallest absolute Gasteiger partial charge is 0.185 e. The van der Waals surface area contributed by atoms with Crippen molar-refractivity contribution < 1.29 is 0 Å². The Hall–Kier alpha value is -1.00. The second kappa shape index (κ2) is 5.76. The number of benzene rings is 1. The van der Waals surface area contributed by atoms with Crippen LogP contribution in [0.2, 0.25) is 0 Å². The fourth-order valence-corrected chi connectivity index (χ4v) is 3.86. The molecule has 18 heavy (non-hydrogen) atoms. The van der Waals surface area contributed by atoms with Crippen molar-refractivity contribution in [1.82, 2.24) is 4.98 Å². The molecular formula is C14H16N2S2. The van der Waals surface area contributed by atoms with Crippen molar-refractivity contribution in [3.63, 3.8) is 0 Å². The maximum absolute atomic E-state index is 4.78. The molecule has 0 N–H and O–H groups in total. The van der Waals surface area contributed by atoms with E-state index < -0.39 is 0 Å². The molecule has 94 valence electrons. The summed E-state index contributed by atoms with van der Waals surface area (Å²) in [7, 11) is 0. The second-order valence-corrected chi connectivity index (χ2v) is 6.40. The van der Waals surface area contributed by atoms with Gasteiger partial charge < -0.3 is 4.90 Å². The molecule has 0 amide bonds. The lowest BCUT2D eigenvalue weighted by molar-refractivity contribution is 0.812. The summed E-state index contributed by atoms with van der Waals surface area (Å²) in [5.74, 6) is 2.51. The zero-order chi connectivity index (χ0) is 12.2. The molecule has 2 heterocycles. The van der Waals surface area contributed by atoms with Crippen LogP contribution >= 0.6 is 23.1 Å². The molecule has 1 aromatic heterocycles. The van der Waals surface area contributed by atoms with Crippen LogP contribution in [-0.2, 0) is 0 Å². The van der Waals surface area contributed by atoms with Crippen LogP contribution in [0, 0.1) is 0 Å². The molecule has 0 bridgehead atoms. The third-order valence-corrected chi connectivity index (χ3v) is 5.00. The number of hydrogen-bond donors (Lipinski definition) is 0. The minimum Gasteiger partial charge on any atom is -0.347 e. The first-order valence-electron chi connectivity index (χ1n) is 6.27. The molecule has 1 saturated heterocycles. The highest BCUT2D eigenvalue weighted by Gasteiger charge is 2.13. The van der Waals surface area contributed by atoms with Gasteiger partial charge in [-0.05, 0) is 12.2 Å². The van der Waals surface area contributed by atoms with Gasteiger partial charge in [0.2, 0.25) is 0 Å². The molecule has 1 aliphatic heterocycles. The monoisotopic (exact) mass is 276 g/mol. The number of hydrogen-bond acceptors (Lipinski definition) is 4. The lowest BCUT2D eigenvalue weighted by Gasteiger charge is -2.18. The molecular weight excluding hydrogens is 260 g/mol. The first-order valence-corrected chi connectivity index (χ1v) is 8.30. The van der Waals surface area contributed by atoms with Crippen LogP contribution in [0.5, 0.6) is 0 Å². The molecule has 2 nitrogen and oxygen atoms in total. The molecule has 0 spiro atoms. The van der Waals surface area contributed by atoms with E-state index in [2.05, 4.69) is 46.3 Å². The topological polar surface area (TPSA) is 16.1 Å². The summed E-state index contributed by atoms with van der Waals surface area (Å²) in [4.78, 5) is 7.21. The van der Waals surface area contributed by atoms with Crippen LogP contribution in [0.1, 0.15) is 6.42 Å². The van der Waals surface area contributed by atoms with Gasteiger partial charge in [0.1, 0.15) is 0 Å². The highest BCUT2D eigenvalue weighted by molar-refractivity contribution is 7.99. The largest absolute Gasteiger partial charge is 0.347 e. The van der Waals surface area contributed by atoms with E-state index in [0.717, 1.165) is 18.8 Å². The van der Waals surface area contributed by atoms with Gasteiger partial charge in [0, 0.05) is 29.8 Å². The molecule has 3 rings (SSSR count). The Kier molecular flexibility index (Phi) is 3.86. The molecule has 1 aliphatic rings. The van der Waals surface area contributed by atoms with Crippen LogP contribution < -0.4 is 4.90 Å². The van der Waals surface area contributed by atoms with Crippen LogP contribution in [0.25, 0.3) is 11.3 Å². The minimum absolute atomic E-state index is 1.10.